The molecule has 1 N–H and O–H groups in total. The average molecular weight is 1110 g/mol. The maximum atomic E-state index is 12.9. The second-order valence-electron chi connectivity index (χ2n) is 22.7. The number of ether oxygens (including phenoxy) is 4. The van der Waals surface area contributed by atoms with Gasteiger partial charge in [0, 0.05) is 12.8 Å². The molecule has 9 heteroatoms. The molecule has 0 aromatic rings. The lowest BCUT2D eigenvalue weighted by Crippen LogP contribution is -2.40. The van der Waals surface area contributed by atoms with Crippen LogP contribution in [0, 0.1) is 0 Å². The number of likely N-dealkylation sites (N-methyl/N-ethyl adjacent to an activating group) is 1. The van der Waals surface area contributed by atoms with Crippen LogP contribution in [0.25, 0.3) is 0 Å². The molecule has 0 rings (SSSR count). The summed E-state index contributed by atoms with van der Waals surface area (Å²) in [6.07, 6.45) is 79.3. The Balaban J connectivity index is 4.11. The fourth-order valence-electron chi connectivity index (χ4n) is 8.87. The van der Waals surface area contributed by atoms with Crippen LogP contribution in [0.1, 0.15) is 271 Å². The SMILES string of the molecule is CC/C=C\C/C=C\C/C=C\C/C=C\C/C=C\CCCCCCCCCCCCCCCCCCCCCC(=O)OC(COC(=O)CCCCCCCC/C=C\C/C=C\C/C=C\CCCCC)COC(OCC[N+](C)(C)C)C(=O)O. The maximum absolute atomic E-state index is 12.9. The van der Waals surface area contributed by atoms with E-state index < -0.39 is 24.3 Å². The number of rotatable bonds is 59. The van der Waals surface area contributed by atoms with Crippen molar-refractivity contribution in [3.8, 4) is 0 Å². The molecule has 0 aromatic heterocycles. The third-order valence-electron chi connectivity index (χ3n) is 13.8. The van der Waals surface area contributed by atoms with Gasteiger partial charge in [-0.15, -0.1) is 0 Å². The van der Waals surface area contributed by atoms with Crippen LogP contribution in [0.4, 0.5) is 0 Å². The number of unbranched alkanes of at least 4 members (excludes halogenated alkanes) is 28. The Kier molecular flexibility index (Phi) is 57.4. The maximum Gasteiger partial charge on any atom is 0.361 e. The van der Waals surface area contributed by atoms with E-state index in [1.54, 1.807) is 0 Å². The van der Waals surface area contributed by atoms with Gasteiger partial charge in [-0.3, -0.25) is 9.59 Å². The molecule has 0 saturated carbocycles. The molecule has 9 nitrogen and oxygen atoms in total. The zero-order valence-electron chi connectivity index (χ0n) is 51.8. The molecule has 0 aliphatic heterocycles. The van der Waals surface area contributed by atoms with Crippen molar-refractivity contribution in [2.75, 3.05) is 47.5 Å². The van der Waals surface area contributed by atoms with Crippen molar-refractivity contribution in [3.63, 3.8) is 0 Å². The third kappa shape index (κ3) is 61.7. The summed E-state index contributed by atoms with van der Waals surface area (Å²) in [6.45, 7) is 4.74. The van der Waals surface area contributed by atoms with Crippen LogP contribution in [-0.2, 0) is 33.3 Å². The third-order valence-corrected chi connectivity index (χ3v) is 13.8. The summed E-state index contributed by atoms with van der Waals surface area (Å²) in [5.41, 5.74) is 0. The number of nitrogens with zero attached hydrogens (tertiary/aromatic N) is 1. The number of carboxylic acids is 1. The normalized spacial score (nSPS) is 13.4. The summed E-state index contributed by atoms with van der Waals surface area (Å²) >= 11 is 0. The number of hydrogen-bond donors (Lipinski definition) is 1. The van der Waals surface area contributed by atoms with Crippen molar-refractivity contribution >= 4 is 17.9 Å². The Morgan fingerprint density at radius 1 is 0.392 bits per heavy atom. The first-order chi connectivity index (χ1) is 38.6. The smallest absolute Gasteiger partial charge is 0.361 e. The van der Waals surface area contributed by atoms with Gasteiger partial charge < -0.3 is 28.5 Å². The van der Waals surface area contributed by atoms with Crippen molar-refractivity contribution in [1.82, 2.24) is 0 Å². The van der Waals surface area contributed by atoms with Gasteiger partial charge in [0.25, 0.3) is 6.29 Å². The predicted molar refractivity (Wildman–Crippen MR) is 336 cm³/mol. The number of carboxylic acid groups (broad SMARTS) is 1. The largest absolute Gasteiger partial charge is 0.477 e. The number of quaternary nitrogens is 1. The van der Waals surface area contributed by atoms with E-state index in [4.69, 9.17) is 18.9 Å². The lowest BCUT2D eigenvalue weighted by atomic mass is 10.0. The minimum absolute atomic E-state index is 0.183. The molecule has 0 aromatic carbocycles. The quantitative estimate of drug-likeness (QED) is 0.0211. The zero-order chi connectivity index (χ0) is 57.6. The molecule has 0 bridgehead atoms. The lowest BCUT2D eigenvalue weighted by molar-refractivity contribution is -0.870. The average Bonchev–Trinajstić information content (AvgIpc) is 3.42. The minimum Gasteiger partial charge on any atom is -0.477 e. The molecule has 0 fully saturated rings. The van der Waals surface area contributed by atoms with E-state index in [-0.39, 0.29) is 38.6 Å². The van der Waals surface area contributed by atoms with Gasteiger partial charge >= 0.3 is 17.9 Å². The van der Waals surface area contributed by atoms with E-state index in [9.17, 15) is 19.5 Å². The predicted octanol–water partition coefficient (Wildman–Crippen LogP) is 19.7. The van der Waals surface area contributed by atoms with E-state index in [1.165, 1.54) is 148 Å². The van der Waals surface area contributed by atoms with E-state index in [0.717, 1.165) is 96.3 Å². The Labute approximate surface area is 486 Å². The Morgan fingerprint density at radius 2 is 0.722 bits per heavy atom. The van der Waals surface area contributed by atoms with Crippen molar-refractivity contribution in [1.29, 1.82) is 0 Å². The second-order valence-corrected chi connectivity index (χ2v) is 22.7. The van der Waals surface area contributed by atoms with Gasteiger partial charge in [-0.05, 0) is 96.3 Å². The highest BCUT2D eigenvalue weighted by atomic mass is 16.7. The summed E-state index contributed by atoms with van der Waals surface area (Å²) in [5.74, 6) is -2.02. The monoisotopic (exact) mass is 1100 g/mol. The van der Waals surface area contributed by atoms with Crippen LogP contribution in [0.5, 0.6) is 0 Å². The number of esters is 2. The molecule has 454 valence electrons. The number of carbonyl (C=O) groups excluding carboxylic acids is 2. The highest BCUT2D eigenvalue weighted by molar-refractivity contribution is 5.71. The highest BCUT2D eigenvalue weighted by Crippen LogP contribution is 2.17. The first-order valence-electron chi connectivity index (χ1n) is 32.4. The number of carbonyl (C=O) groups is 3. The molecule has 2 unspecified atom stereocenters. The molecule has 0 heterocycles. The molecule has 0 aliphatic carbocycles. The van der Waals surface area contributed by atoms with Crippen molar-refractivity contribution < 1.29 is 42.9 Å². The Morgan fingerprint density at radius 3 is 1.08 bits per heavy atom. The highest BCUT2D eigenvalue weighted by Gasteiger charge is 2.25. The molecular formula is C70H122NO8+. The molecule has 0 amide bonds. The van der Waals surface area contributed by atoms with Crippen LogP contribution in [0.2, 0.25) is 0 Å². The van der Waals surface area contributed by atoms with Crippen molar-refractivity contribution in [2.45, 2.75) is 283 Å². The summed E-state index contributed by atoms with van der Waals surface area (Å²) in [7, 11) is 5.97. The van der Waals surface area contributed by atoms with Gasteiger partial charge in [0.15, 0.2) is 6.10 Å². The van der Waals surface area contributed by atoms with Gasteiger partial charge in [0.2, 0.25) is 0 Å². The van der Waals surface area contributed by atoms with Gasteiger partial charge in [-0.1, -0.05) is 259 Å². The summed E-state index contributed by atoms with van der Waals surface area (Å²) in [5, 5.41) is 9.72. The van der Waals surface area contributed by atoms with Gasteiger partial charge in [-0.2, -0.15) is 0 Å². The van der Waals surface area contributed by atoms with E-state index in [1.807, 2.05) is 21.1 Å². The summed E-state index contributed by atoms with van der Waals surface area (Å²) in [4.78, 5) is 37.5. The van der Waals surface area contributed by atoms with Gasteiger partial charge in [-0.25, -0.2) is 4.79 Å². The Hall–Kier alpha value is -3.79. The van der Waals surface area contributed by atoms with E-state index in [2.05, 4.69) is 111 Å². The van der Waals surface area contributed by atoms with Crippen molar-refractivity contribution in [3.05, 3.63) is 97.2 Å². The molecule has 0 aliphatic rings. The fourth-order valence-corrected chi connectivity index (χ4v) is 8.87. The van der Waals surface area contributed by atoms with Crippen LogP contribution >= 0.6 is 0 Å². The van der Waals surface area contributed by atoms with E-state index in [0.29, 0.717) is 11.0 Å². The first kappa shape index (κ1) is 75.2. The minimum atomic E-state index is -1.52. The van der Waals surface area contributed by atoms with Crippen LogP contribution in [-0.4, -0.2) is 87.4 Å². The standard InChI is InChI=1S/C70H121NO8/c1-6-8-10-12-14-16-18-20-22-24-26-27-28-29-30-31-32-33-34-35-36-37-38-39-40-41-43-45-47-49-51-53-55-57-59-61-68(73)79-66(65-78-70(69(74)75)76-63-62-71(3,4)5)64-77-67(72)60-58-56-54-52-50-48-46-44-42-25-23-21-19-17-15-13-11-9-7-2/h8,10,14-17,20-23,26-27,29-30,42,44,66,70H,6-7,9,11-13,18-19,24-25,28,31-41,43,45-65H2,1-5H3/p+1/b10-8-,16-14-,17-15-,22-20-,23-21-,27-26-,30-29-,44-42-. The van der Waals surface area contributed by atoms with Crippen LogP contribution in [0.15, 0.2) is 97.2 Å². The number of hydrogen-bond acceptors (Lipinski definition) is 7. The number of aliphatic carboxylic acids is 1. The molecule has 0 spiro atoms. The molecule has 0 saturated heterocycles. The zero-order valence-corrected chi connectivity index (χ0v) is 51.8. The van der Waals surface area contributed by atoms with Crippen LogP contribution < -0.4 is 0 Å². The van der Waals surface area contributed by atoms with E-state index >= 15 is 0 Å². The lowest BCUT2D eigenvalue weighted by Gasteiger charge is -2.25. The molecule has 2 atom stereocenters. The first-order valence-corrected chi connectivity index (χ1v) is 32.4. The molecule has 79 heavy (non-hydrogen) atoms. The summed E-state index contributed by atoms with van der Waals surface area (Å²) < 4.78 is 22.9. The topological polar surface area (TPSA) is 108 Å². The molecular weight excluding hydrogens is 983 g/mol. The summed E-state index contributed by atoms with van der Waals surface area (Å²) in [6, 6.07) is 0. The van der Waals surface area contributed by atoms with Crippen molar-refractivity contribution in [2.24, 2.45) is 0 Å². The van der Waals surface area contributed by atoms with Gasteiger partial charge in [0.1, 0.15) is 13.2 Å². The Bertz CT molecular complexity index is 1620. The molecule has 0 radical (unpaired) electrons. The fraction of sp³-hybridized carbons (Fsp3) is 0.729. The number of allylic oxidation sites excluding steroid dienone is 16. The van der Waals surface area contributed by atoms with Crippen LogP contribution in [0.3, 0.4) is 0 Å². The second kappa shape index (κ2) is 60.3. The van der Waals surface area contributed by atoms with Gasteiger partial charge in [0.05, 0.1) is 34.4 Å².